The average Bonchev–Trinajstić information content (AvgIpc) is 2.47. The van der Waals surface area contributed by atoms with E-state index in [4.69, 9.17) is 9.84 Å². The molecule has 0 spiro atoms. The summed E-state index contributed by atoms with van der Waals surface area (Å²) in [6.07, 6.45) is 0.295. The van der Waals surface area contributed by atoms with Crippen molar-refractivity contribution in [3.05, 3.63) is 23.8 Å². The lowest BCUT2D eigenvalue weighted by Gasteiger charge is -2.31. The van der Waals surface area contributed by atoms with Gasteiger partial charge in [-0.05, 0) is 37.8 Å². The highest BCUT2D eigenvalue weighted by molar-refractivity contribution is 5.80. The summed E-state index contributed by atoms with van der Waals surface area (Å²) in [6, 6.07) is 5.94. The van der Waals surface area contributed by atoms with Crippen LogP contribution in [-0.2, 0) is 9.59 Å². The number of aliphatic carboxylic acids is 1. The molecule has 1 aromatic rings. The van der Waals surface area contributed by atoms with E-state index in [2.05, 4.69) is 18.7 Å². The number of carbonyl (C=O) groups is 2. The number of hydrogen-bond acceptors (Lipinski definition) is 4. The van der Waals surface area contributed by atoms with Crippen LogP contribution >= 0.6 is 0 Å². The van der Waals surface area contributed by atoms with E-state index in [0.717, 1.165) is 24.3 Å². The zero-order valence-electron chi connectivity index (χ0n) is 13.3. The highest BCUT2D eigenvalue weighted by Gasteiger charge is 2.35. The lowest BCUT2D eigenvalue weighted by molar-refractivity contribution is -0.142. The lowest BCUT2D eigenvalue weighted by Crippen LogP contribution is -2.31. The van der Waals surface area contributed by atoms with Gasteiger partial charge in [-0.1, -0.05) is 13.0 Å². The summed E-state index contributed by atoms with van der Waals surface area (Å²) in [5.41, 5.74) is 2.01. The summed E-state index contributed by atoms with van der Waals surface area (Å²) >= 11 is 0. The second kappa shape index (κ2) is 6.81. The van der Waals surface area contributed by atoms with E-state index in [0.29, 0.717) is 12.2 Å². The van der Waals surface area contributed by atoms with Crippen molar-refractivity contribution in [1.29, 1.82) is 0 Å². The maximum absolute atomic E-state index is 12.2. The first kappa shape index (κ1) is 16.3. The Kier molecular flexibility index (Phi) is 5.06. The molecule has 2 rings (SSSR count). The Morgan fingerprint density at radius 3 is 2.59 bits per heavy atom. The molecular formula is C17H23NO4. The molecule has 0 saturated carbocycles. The quantitative estimate of drug-likeness (QED) is 0.646. The Bertz CT molecular complexity index is 566. The molecule has 22 heavy (non-hydrogen) atoms. The van der Waals surface area contributed by atoms with E-state index < -0.39 is 5.97 Å². The van der Waals surface area contributed by atoms with Gasteiger partial charge in [0.1, 0.15) is 5.75 Å². The summed E-state index contributed by atoms with van der Waals surface area (Å²) in [5.74, 6) is -1.02. The zero-order chi connectivity index (χ0) is 16.3. The fourth-order valence-electron chi connectivity index (χ4n) is 3.02. The number of esters is 1. The standard InChI is InChI=1S/C17H23NO4/c1-4-18(5-2)12-6-7-13-11(3)14(8-9-16(19)20)17(21)22-15(13)10-12/h6-7,10-11,14H,4-5,8-9H2,1-3H3,(H,19,20). The molecule has 0 radical (unpaired) electrons. The van der Waals surface area contributed by atoms with Gasteiger partial charge in [0.15, 0.2) is 0 Å². The monoisotopic (exact) mass is 305 g/mol. The number of benzene rings is 1. The molecule has 5 nitrogen and oxygen atoms in total. The minimum absolute atomic E-state index is 0.0169. The van der Waals surface area contributed by atoms with E-state index in [1.165, 1.54) is 0 Å². The van der Waals surface area contributed by atoms with Crippen LogP contribution in [-0.4, -0.2) is 30.1 Å². The SMILES string of the molecule is CCN(CC)c1ccc2c(c1)OC(=O)C(CCC(=O)O)C2C. The molecule has 0 aromatic heterocycles. The van der Waals surface area contributed by atoms with Crippen LogP contribution in [0.3, 0.4) is 0 Å². The van der Waals surface area contributed by atoms with Crippen LogP contribution in [0.2, 0.25) is 0 Å². The molecule has 5 heteroatoms. The van der Waals surface area contributed by atoms with Crippen molar-refractivity contribution in [2.75, 3.05) is 18.0 Å². The van der Waals surface area contributed by atoms with Crippen LogP contribution in [0.5, 0.6) is 5.75 Å². The minimum atomic E-state index is -0.886. The third-order valence-corrected chi connectivity index (χ3v) is 4.40. The van der Waals surface area contributed by atoms with Gasteiger partial charge in [-0.3, -0.25) is 9.59 Å². The summed E-state index contributed by atoms with van der Waals surface area (Å²) in [4.78, 5) is 25.1. The van der Waals surface area contributed by atoms with Gasteiger partial charge in [0.2, 0.25) is 0 Å². The molecule has 120 valence electrons. The Labute approximate surface area is 130 Å². The normalized spacial score (nSPS) is 20.2. The number of fused-ring (bicyclic) bond motifs is 1. The van der Waals surface area contributed by atoms with E-state index in [-0.39, 0.29) is 24.2 Å². The molecule has 2 atom stereocenters. The summed E-state index contributed by atoms with van der Waals surface area (Å²) in [7, 11) is 0. The number of nitrogens with zero attached hydrogens (tertiary/aromatic N) is 1. The van der Waals surface area contributed by atoms with Crippen molar-refractivity contribution in [1.82, 2.24) is 0 Å². The minimum Gasteiger partial charge on any atom is -0.481 e. The Hall–Kier alpha value is -2.04. The van der Waals surface area contributed by atoms with Gasteiger partial charge >= 0.3 is 11.9 Å². The van der Waals surface area contributed by atoms with Gasteiger partial charge in [0, 0.05) is 31.3 Å². The van der Waals surface area contributed by atoms with Gasteiger partial charge in [-0.2, -0.15) is 0 Å². The highest BCUT2D eigenvalue weighted by atomic mass is 16.5. The number of carboxylic acid groups (broad SMARTS) is 1. The van der Waals surface area contributed by atoms with Crippen molar-refractivity contribution in [3.63, 3.8) is 0 Å². The van der Waals surface area contributed by atoms with E-state index in [1.54, 1.807) is 0 Å². The Morgan fingerprint density at radius 1 is 1.32 bits per heavy atom. The van der Waals surface area contributed by atoms with Crippen LogP contribution in [0.4, 0.5) is 5.69 Å². The van der Waals surface area contributed by atoms with Crippen LogP contribution in [0.25, 0.3) is 0 Å². The van der Waals surface area contributed by atoms with Crippen molar-refractivity contribution in [2.24, 2.45) is 5.92 Å². The second-order valence-corrected chi connectivity index (χ2v) is 5.64. The van der Waals surface area contributed by atoms with Crippen LogP contribution in [0.15, 0.2) is 18.2 Å². The third kappa shape index (κ3) is 3.24. The molecule has 2 unspecified atom stereocenters. The first-order chi connectivity index (χ1) is 10.5. The molecule has 1 aromatic carbocycles. The molecule has 1 heterocycles. The van der Waals surface area contributed by atoms with E-state index in [1.807, 2.05) is 25.1 Å². The average molecular weight is 305 g/mol. The molecule has 1 aliphatic rings. The van der Waals surface area contributed by atoms with Gasteiger partial charge in [0.25, 0.3) is 0 Å². The Balaban J connectivity index is 2.25. The summed E-state index contributed by atoms with van der Waals surface area (Å²) < 4.78 is 5.47. The topological polar surface area (TPSA) is 66.8 Å². The van der Waals surface area contributed by atoms with Crippen LogP contribution < -0.4 is 9.64 Å². The zero-order valence-corrected chi connectivity index (χ0v) is 13.3. The molecule has 0 fully saturated rings. The number of carboxylic acids is 1. The predicted octanol–water partition coefficient (Wildman–Crippen LogP) is 3.04. The maximum atomic E-state index is 12.2. The number of anilines is 1. The smallest absolute Gasteiger partial charge is 0.314 e. The highest BCUT2D eigenvalue weighted by Crippen LogP contribution is 2.41. The molecule has 0 amide bonds. The Morgan fingerprint density at radius 2 is 2.00 bits per heavy atom. The number of carbonyl (C=O) groups excluding carboxylic acids is 1. The largest absolute Gasteiger partial charge is 0.481 e. The lowest BCUT2D eigenvalue weighted by atomic mass is 9.82. The third-order valence-electron chi connectivity index (χ3n) is 4.40. The fraction of sp³-hybridized carbons (Fsp3) is 0.529. The number of hydrogen-bond donors (Lipinski definition) is 1. The summed E-state index contributed by atoms with van der Waals surface area (Å²) in [6.45, 7) is 7.90. The second-order valence-electron chi connectivity index (χ2n) is 5.64. The van der Waals surface area contributed by atoms with Crippen LogP contribution in [0, 0.1) is 5.92 Å². The van der Waals surface area contributed by atoms with Crippen molar-refractivity contribution < 1.29 is 19.4 Å². The maximum Gasteiger partial charge on any atom is 0.314 e. The van der Waals surface area contributed by atoms with Crippen molar-refractivity contribution in [3.8, 4) is 5.75 Å². The first-order valence-electron chi connectivity index (χ1n) is 7.80. The molecular weight excluding hydrogens is 282 g/mol. The van der Waals surface area contributed by atoms with Gasteiger partial charge < -0.3 is 14.7 Å². The predicted molar refractivity (Wildman–Crippen MR) is 84.4 cm³/mol. The fourth-order valence-corrected chi connectivity index (χ4v) is 3.02. The van der Waals surface area contributed by atoms with Crippen molar-refractivity contribution >= 4 is 17.6 Å². The number of ether oxygens (including phenoxy) is 1. The van der Waals surface area contributed by atoms with E-state index in [9.17, 15) is 9.59 Å². The molecule has 1 N–H and O–H groups in total. The van der Waals surface area contributed by atoms with Gasteiger partial charge in [-0.15, -0.1) is 0 Å². The molecule has 0 bridgehead atoms. The van der Waals surface area contributed by atoms with Crippen molar-refractivity contribution in [2.45, 2.75) is 39.5 Å². The van der Waals surface area contributed by atoms with Crippen LogP contribution in [0.1, 0.15) is 45.1 Å². The summed E-state index contributed by atoms with van der Waals surface area (Å²) in [5, 5.41) is 8.81. The molecule has 0 saturated heterocycles. The van der Waals surface area contributed by atoms with Gasteiger partial charge in [0.05, 0.1) is 5.92 Å². The van der Waals surface area contributed by atoms with Gasteiger partial charge in [-0.25, -0.2) is 0 Å². The van der Waals surface area contributed by atoms with E-state index >= 15 is 0 Å². The number of rotatable bonds is 6. The first-order valence-corrected chi connectivity index (χ1v) is 7.80. The molecule has 0 aliphatic carbocycles. The molecule has 1 aliphatic heterocycles.